The van der Waals surface area contributed by atoms with Crippen LogP contribution in [-0.2, 0) is 5.41 Å². The van der Waals surface area contributed by atoms with Crippen molar-refractivity contribution in [2.75, 3.05) is 19.8 Å². The summed E-state index contributed by atoms with van der Waals surface area (Å²) in [5.74, 6) is 0. The van der Waals surface area contributed by atoms with Crippen LogP contribution in [0.2, 0.25) is 0 Å². The molecule has 0 radical (unpaired) electrons. The molecule has 2 unspecified atom stereocenters. The molecule has 4 nitrogen and oxygen atoms in total. The lowest BCUT2D eigenvalue weighted by atomic mass is 9.76. The van der Waals surface area contributed by atoms with Crippen molar-refractivity contribution in [2.45, 2.75) is 25.3 Å². The largest absolute Gasteiger partial charge is 0.464 e. The lowest BCUT2D eigenvalue weighted by molar-refractivity contribution is 0.123. The van der Waals surface area contributed by atoms with Crippen molar-refractivity contribution in [3.63, 3.8) is 0 Å². The summed E-state index contributed by atoms with van der Waals surface area (Å²) in [5.41, 5.74) is 1.29. The summed E-state index contributed by atoms with van der Waals surface area (Å²) in [4.78, 5) is 0. The second-order valence-electron chi connectivity index (χ2n) is 5.04. The van der Waals surface area contributed by atoms with E-state index in [0.29, 0.717) is 0 Å². The third-order valence-electron chi connectivity index (χ3n) is 3.84. The molecule has 104 valence electrons. The fraction of sp³-hybridized carbons (Fsp3) is 0.467. The monoisotopic (exact) mass is 263 g/mol. The van der Waals surface area contributed by atoms with E-state index in [2.05, 4.69) is 5.32 Å². The lowest BCUT2D eigenvalue weighted by Gasteiger charge is -2.36. The van der Waals surface area contributed by atoms with E-state index in [1.165, 1.54) is 0 Å². The van der Waals surface area contributed by atoms with Gasteiger partial charge in [-0.25, -0.2) is 0 Å². The van der Waals surface area contributed by atoms with Gasteiger partial charge in [-0.05, 0) is 30.3 Å². The van der Waals surface area contributed by atoms with Gasteiger partial charge in [-0.1, -0.05) is 19.9 Å². The van der Waals surface area contributed by atoms with Crippen molar-refractivity contribution >= 4 is 11.0 Å². The third kappa shape index (κ3) is 2.52. The SMILES string of the molecule is CCNC(CO)C(C)(CO)c1ccc2occc2c1. The van der Waals surface area contributed by atoms with Crippen LogP contribution in [0, 0.1) is 0 Å². The first kappa shape index (κ1) is 14.1. The average Bonchev–Trinajstić information content (AvgIpc) is 2.91. The molecule has 19 heavy (non-hydrogen) atoms. The summed E-state index contributed by atoms with van der Waals surface area (Å²) in [6, 6.07) is 7.57. The van der Waals surface area contributed by atoms with Gasteiger partial charge in [0.25, 0.3) is 0 Å². The average molecular weight is 263 g/mol. The molecule has 0 spiro atoms. The molecule has 0 aliphatic rings. The van der Waals surface area contributed by atoms with E-state index < -0.39 is 5.41 Å². The van der Waals surface area contributed by atoms with Gasteiger partial charge >= 0.3 is 0 Å². The minimum atomic E-state index is -0.532. The quantitative estimate of drug-likeness (QED) is 0.741. The number of hydrogen-bond donors (Lipinski definition) is 3. The molecule has 1 heterocycles. The lowest BCUT2D eigenvalue weighted by Crippen LogP contribution is -2.51. The number of aliphatic hydroxyl groups is 2. The van der Waals surface area contributed by atoms with Gasteiger partial charge in [-0.3, -0.25) is 0 Å². The Kier molecular flexibility index (Phi) is 4.24. The fourth-order valence-electron chi connectivity index (χ4n) is 2.46. The first-order valence-corrected chi connectivity index (χ1v) is 6.58. The molecule has 0 bridgehead atoms. The summed E-state index contributed by atoms with van der Waals surface area (Å²) in [5, 5.41) is 23.6. The van der Waals surface area contributed by atoms with E-state index in [1.807, 2.05) is 38.1 Å². The van der Waals surface area contributed by atoms with E-state index in [4.69, 9.17) is 4.42 Å². The minimum absolute atomic E-state index is 0.0195. The van der Waals surface area contributed by atoms with Crippen LogP contribution in [-0.4, -0.2) is 36.0 Å². The van der Waals surface area contributed by atoms with Crippen LogP contribution < -0.4 is 5.32 Å². The Morgan fingerprint density at radius 1 is 1.32 bits per heavy atom. The van der Waals surface area contributed by atoms with Crippen molar-refractivity contribution in [3.05, 3.63) is 36.1 Å². The van der Waals surface area contributed by atoms with Gasteiger partial charge in [-0.15, -0.1) is 0 Å². The molecule has 2 aromatic rings. The zero-order chi connectivity index (χ0) is 13.9. The Morgan fingerprint density at radius 2 is 2.11 bits per heavy atom. The highest BCUT2D eigenvalue weighted by molar-refractivity contribution is 5.78. The second kappa shape index (κ2) is 5.74. The smallest absolute Gasteiger partial charge is 0.133 e. The Hall–Kier alpha value is -1.36. The molecule has 2 atom stereocenters. The van der Waals surface area contributed by atoms with Crippen molar-refractivity contribution in [3.8, 4) is 0 Å². The molecule has 0 aliphatic heterocycles. The maximum atomic E-state index is 9.82. The van der Waals surface area contributed by atoms with Gasteiger partial charge in [0.1, 0.15) is 5.58 Å². The number of nitrogens with one attached hydrogen (secondary N) is 1. The van der Waals surface area contributed by atoms with Gasteiger partial charge in [-0.2, -0.15) is 0 Å². The Balaban J connectivity index is 2.43. The highest BCUT2D eigenvalue weighted by Crippen LogP contribution is 2.30. The standard InChI is InChI=1S/C15H21NO3/c1-3-16-14(9-17)15(2,10-18)12-4-5-13-11(8-12)6-7-19-13/h4-8,14,16-18H,3,9-10H2,1-2H3. The Bertz CT molecular complexity index is 537. The summed E-state index contributed by atoms with van der Waals surface area (Å²) >= 11 is 0. The first-order valence-electron chi connectivity index (χ1n) is 6.58. The second-order valence-corrected chi connectivity index (χ2v) is 5.04. The number of aliphatic hydroxyl groups excluding tert-OH is 2. The van der Waals surface area contributed by atoms with Gasteiger partial charge in [0, 0.05) is 16.8 Å². The van der Waals surface area contributed by atoms with Gasteiger partial charge < -0.3 is 19.9 Å². The van der Waals surface area contributed by atoms with Crippen LogP contribution in [0.4, 0.5) is 0 Å². The van der Waals surface area contributed by atoms with Crippen molar-refractivity contribution in [1.82, 2.24) is 5.32 Å². The molecule has 0 saturated heterocycles. The van der Waals surface area contributed by atoms with Crippen LogP contribution >= 0.6 is 0 Å². The number of fused-ring (bicyclic) bond motifs is 1. The van der Waals surface area contributed by atoms with Crippen molar-refractivity contribution in [1.29, 1.82) is 0 Å². The fourth-order valence-corrected chi connectivity index (χ4v) is 2.46. The molecule has 2 rings (SSSR count). The van der Waals surface area contributed by atoms with Crippen LogP contribution in [0.1, 0.15) is 19.4 Å². The summed E-state index contributed by atoms with van der Waals surface area (Å²) in [6.07, 6.45) is 1.65. The molecule has 0 saturated carbocycles. The van der Waals surface area contributed by atoms with Crippen LogP contribution in [0.15, 0.2) is 34.9 Å². The Labute approximate surface area is 113 Å². The minimum Gasteiger partial charge on any atom is -0.464 e. The van der Waals surface area contributed by atoms with E-state index in [9.17, 15) is 10.2 Å². The van der Waals surface area contributed by atoms with Crippen molar-refractivity contribution < 1.29 is 14.6 Å². The molecule has 3 N–H and O–H groups in total. The van der Waals surface area contributed by atoms with Gasteiger partial charge in [0.2, 0.25) is 0 Å². The zero-order valence-corrected chi connectivity index (χ0v) is 11.4. The highest BCUT2D eigenvalue weighted by atomic mass is 16.3. The van der Waals surface area contributed by atoms with E-state index in [-0.39, 0.29) is 19.3 Å². The predicted octanol–water partition coefficient (Wildman–Crippen LogP) is 1.65. The summed E-state index contributed by atoms with van der Waals surface area (Å²) in [7, 11) is 0. The number of likely N-dealkylation sites (N-methyl/N-ethyl adjacent to an activating group) is 1. The summed E-state index contributed by atoms with van der Waals surface area (Å²) < 4.78 is 5.33. The maximum Gasteiger partial charge on any atom is 0.133 e. The van der Waals surface area contributed by atoms with E-state index >= 15 is 0 Å². The van der Waals surface area contributed by atoms with Gasteiger partial charge in [0.05, 0.1) is 19.5 Å². The third-order valence-corrected chi connectivity index (χ3v) is 3.84. The molecule has 0 aliphatic carbocycles. The molecule has 1 aromatic heterocycles. The van der Waals surface area contributed by atoms with E-state index in [1.54, 1.807) is 6.26 Å². The molecule has 1 aromatic carbocycles. The molecule has 0 amide bonds. The predicted molar refractivity (Wildman–Crippen MR) is 75.2 cm³/mol. The number of furan rings is 1. The Morgan fingerprint density at radius 3 is 2.74 bits per heavy atom. The number of benzene rings is 1. The van der Waals surface area contributed by atoms with E-state index in [0.717, 1.165) is 23.1 Å². The summed E-state index contributed by atoms with van der Waals surface area (Å²) in [6.45, 7) is 4.63. The molecular weight excluding hydrogens is 242 g/mol. The van der Waals surface area contributed by atoms with Gasteiger partial charge in [0.15, 0.2) is 0 Å². The zero-order valence-electron chi connectivity index (χ0n) is 11.4. The highest BCUT2D eigenvalue weighted by Gasteiger charge is 2.34. The van der Waals surface area contributed by atoms with Crippen LogP contribution in [0.5, 0.6) is 0 Å². The number of rotatable bonds is 6. The normalized spacial score (nSPS) is 16.4. The first-order chi connectivity index (χ1) is 9.15. The van der Waals surface area contributed by atoms with Crippen LogP contribution in [0.3, 0.4) is 0 Å². The topological polar surface area (TPSA) is 65.6 Å². The van der Waals surface area contributed by atoms with Crippen LogP contribution in [0.25, 0.3) is 11.0 Å². The van der Waals surface area contributed by atoms with Crippen molar-refractivity contribution in [2.24, 2.45) is 0 Å². The maximum absolute atomic E-state index is 9.82. The molecular formula is C15H21NO3. The molecule has 0 fully saturated rings. The number of hydrogen-bond acceptors (Lipinski definition) is 4. The molecule has 4 heteroatoms.